The summed E-state index contributed by atoms with van der Waals surface area (Å²) < 4.78 is 5.36. The van der Waals surface area contributed by atoms with Crippen molar-refractivity contribution in [2.24, 2.45) is 0 Å². The number of dihydropyridines is 1. The first kappa shape index (κ1) is 20.2. The Morgan fingerprint density at radius 2 is 1.87 bits per heavy atom. The second kappa shape index (κ2) is 8.36. The summed E-state index contributed by atoms with van der Waals surface area (Å²) in [4.78, 5) is 26.4. The van der Waals surface area contributed by atoms with E-state index in [1.165, 1.54) is 0 Å². The zero-order chi connectivity index (χ0) is 21.3. The van der Waals surface area contributed by atoms with Crippen LogP contribution in [0.25, 0.3) is 0 Å². The maximum Gasteiger partial charge on any atom is 0.254 e. The van der Waals surface area contributed by atoms with E-state index in [0.29, 0.717) is 34.0 Å². The minimum Gasteiger partial charge on any atom is -0.495 e. The van der Waals surface area contributed by atoms with Gasteiger partial charge in [-0.05, 0) is 49.6 Å². The van der Waals surface area contributed by atoms with Gasteiger partial charge in [-0.2, -0.15) is 0 Å². The number of ketones is 1. The molecule has 0 spiro atoms. The van der Waals surface area contributed by atoms with Crippen LogP contribution < -0.4 is 15.4 Å². The Hall–Kier alpha value is -3.05. The Morgan fingerprint density at radius 3 is 2.60 bits per heavy atom. The summed E-state index contributed by atoms with van der Waals surface area (Å²) in [6.45, 7) is 1.88. The van der Waals surface area contributed by atoms with Gasteiger partial charge in [0, 0.05) is 39.9 Å². The second-order valence-electron chi connectivity index (χ2n) is 7.47. The molecule has 30 heavy (non-hydrogen) atoms. The molecule has 0 saturated carbocycles. The van der Waals surface area contributed by atoms with Gasteiger partial charge in [0.05, 0.1) is 12.8 Å². The number of hydrogen-bond acceptors (Lipinski definition) is 4. The minimum absolute atomic E-state index is 0.0822. The lowest BCUT2D eigenvalue weighted by atomic mass is 9.75. The van der Waals surface area contributed by atoms with Gasteiger partial charge in [-0.15, -0.1) is 0 Å². The van der Waals surface area contributed by atoms with Gasteiger partial charge in [-0.1, -0.05) is 35.9 Å². The first-order chi connectivity index (χ1) is 14.5. The number of methoxy groups -OCH3 is 1. The highest BCUT2D eigenvalue weighted by Gasteiger charge is 2.38. The summed E-state index contributed by atoms with van der Waals surface area (Å²) >= 11 is 6.09. The SMILES string of the molecule is COc1ccccc1NC(=O)C1=C(C)NC2=C(C(=O)CCC2)[C@H]1c1ccc(Cl)cc1. The number of nitrogens with one attached hydrogen (secondary N) is 2. The number of halogens is 1. The number of rotatable bonds is 4. The molecule has 2 aromatic carbocycles. The molecule has 0 radical (unpaired) electrons. The van der Waals surface area contributed by atoms with E-state index in [9.17, 15) is 9.59 Å². The summed E-state index contributed by atoms with van der Waals surface area (Å²) in [6.07, 6.45) is 2.10. The van der Waals surface area contributed by atoms with E-state index in [0.717, 1.165) is 29.8 Å². The van der Waals surface area contributed by atoms with Crippen molar-refractivity contribution in [2.75, 3.05) is 12.4 Å². The molecular formula is C24H23ClN2O3. The van der Waals surface area contributed by atoms with Crippen LogP contribution in [0.2, 0.25) is 5.02 Å². The summed E-state index contributed by atoms with van der Waals surface area (Å²) in [5, 5.41) is 6.90. The first-order valence-electron chi connectivity index (χ1n) is 9.93. The maximum absolute atomic E-state index is 13.5. The lowest BCUT2D eigenvalue weighted by Gasteiger charge is -2.34. The van der Waals surface area contributed by atoms with E-state index in [2.05, 4.69) is 10.6 Å². The molecule has 1 atom stereocenters. The van der Waals surface area contributed by atoms with Gasteiger partial charge >= 0.3 is 0 Å². The highest BCUT2D eigenvalue weighted by atomic mass is 35.5. The predicted molar refractivity (Wildman–Crippen MR) is 118 cm³/mol. The molecule has 0 unspecified atom stereocenters. The van der Waals surface area contributed by atoms with Crippen LogP contribution in [-0.2, 0) is 9.59 Å². The summed E-state index contributed by atoms with van der Waals surface area (Å²) in [5.41, 5.74) is 4.31. The van der Waals surface area contributed by atoms with Gasteiger partial charge in [0.15, 0.2) is 5.78 Å². The Balaban J connectivity index is 1.78. The Labute approximate surface area is 180 Å². The fraction of sp³-hybridized carbons (Fsp3) is 0.250. The molecule has 6 heteroatoms. The first-order valence-corrected chi connectivity index (χ1v) is 10.3. The lowest BCUT2D eigenvalue weighted by molar-refractivity contribution is -0.116. The highest BCUT2D eigenvalue weighted by molar-refractivity contribution is 6.30. The molecule has 0 fully saturated rings. The summed E-state index contributed by atoms with van der Waals surface area (Å²) in [5.74, 6) is -0.0567. The van der Waals surface area contributed by atoms with Gasteiger partial charge in [-0.3, -0.25) is 9.59 Å². The molecule has 0 bridgehead atoms. The molecule has 1 amide bonds. The van der Waals surface area contributed by atoms with Crippen molar-refractivity contribution in [3.05, 3.63) is 81.7 Å². The largest absolute Gasteiger partial charge is 0.495 e. The molecule has 1 aliphatic heterocycles. The van der Waals surface area contributed by atoms with Gasteiger partial charge in [-0.25, -0.2) is 0 Å². The average molecular weight is 423 g/mol. The van der Waals surface area contributed by atoms with E-state index in [1.54, 1.807) is 31.4 Å². The van der Waals surface area contributed by atoms with Crippen molar-refractivity contribution in [3.63, 3.8) is 0 Å². The van der Waals surface area contributed by atoms with E-state index < -0.39 is 5.92 Å². The van der Waals surface area contributed by atoms with Crippen LogP contribution in [0, 0.1) is 0 Å². The second-order valence-corrected chi connectivity index (χ2v) is 7.91. The molecule has 2 N–H and O–H groups in total. The number of amides is 1. The molecule has 1 aliphatic carbocycles. The van der Waals surface area contributed by atoms with Crippen LogP contribution in [-0.4, -0.2) is 18.8 Å². The number of hydrogen-bond donors (Lipinski definition) is 2. The summed E-state index contributed by atoms with van der Waals surface area (Å²) in [7, 11) is 1.56. The molecule has 154 valence electrons. The molecule has 0 aromatic heterocycles. The van der Waals surface area contributed by atoms with Crippen molar-refractivity contribution < 1.29 is 14.3 Å². The van der Waals surface area contributed by atoms with Crippen molar-refractivity contribution in [2.45, 2.75) is 32.1 Å². The van der Waals surface area contributed by atoms with Crippen molar-refractivity contribution >= 4 is 29.0 Å². The molecular weight excluding hydrogens is 400 g/mol. The number of Topliss-reactive ketones (excluding diaryl/α,β-unsaturated/α-hetero) is 1. The fourth-order valence-corrected chi connectivity index (χ4v) is 4.34. The van der Waals surface area contributed by atoms with Crippen molar-refractivity contribution in [1.29, 1.82) is 0 Å². The quantitative estimate of drug-likeness (QED) is 0.731. The van der Waals surface area contributed by atoms with Crippen LogP contribution in [0.4, 0.5) is 5.69 Å². The Morgan fingerprint density at radius 1 is 1.13 bits per heavy atom. The number of benzene rings is 2. The van der Waals surface area contributed by atoms with E-state index in [1.807, 2.05) is 31.2 Å². The van der Waals surface area contributed by atoms with Gasteiger partial charge in [0.2, 0.25) is 0 Å². The van der Waals surface area contributed by atoms with E-state index >= 15 is 0 Å². The number of para-hydroxylation sites is 2. The minimum atomic E-state index is -0.443. The number of ether oxygens (including phenoxy) is 1. The van der Waals surface area contributed by atoms with E-state index in [4.69, 9.17) is 16.3 Å². The topological polar surface area (TPSA) is 67.4 Å². The van der Waals surface area contributed by atoms with Crippen molar-refractivity contribution in [3.8, 4) is 5.75 Å². The zero-order valence-electron chi connectivity index (χ0n) is 16.9. The smallest absolute Gasteiger partial charge is 0.254 e. The number of anilines is 1. The maximum atomic E-state index is 13.5. The van der Waals surface area contributed by atoms with Gasteiger partial charge in [0.1, 0.15) is 5.75 Å². The number of carbonyl (C=O) groups excluding carboxylic acids is 2. The molecule has 2 aromatic rings. The van der Waals surface area contributed by atoms with Crippen LogP contribution in [0.3, 0.4) is 0 Å². The van der Waals surface area contributed by atoms with Crippen LogP contribution in [0.15, 0.2) is 71.1 Å². The molecule has 1 heterocycles. The lowest BCUT2D eigenvalue weighted by Crippen LogP contribution is -2.35. The third kappa shape index (κ3) is 3.73. The summed E-state index contributed by atoms with van der Waals surface area (Å²) in [6, 6.07) is 14.6. The van der Waals surface area contributed by atoms with Crippen LogP contribution in [0.5, 0.6) is 5.75 Å². The third-order valence-corrected chi connectivity index (χ3v) is 5.83. The molecule has 2 aliphatic rings. The monoisotopic (exact) mass is 422 g/mol. The van der Waals surface area contributed by atoms with Gasteiger partial charge < -0.3 is 15.4 Å². The average Bonchev–Trinajstić information content (AvgIpc) is 2.74. The van der Waals surface area contributed by atoms with Crippen LogP contribution in [0.1, 0.15) is 37.7 Å². The predicted octanol–water partition coefficient (Wildman–Crippen LogP) is 4.96. The Kier molecular flexibility index (Phi) is 5.64. The zero-order valence-corrected chi connectivity index (χ0v) is 17.7. The molecule has 4 rings (SSSR count). The molecule has 0 saturated heterocycles. The Bertz CT molecular complexity index is 1070. The highest BCUT2D eigenvalue weighted by Crippen LogP contribution is 2.42. The van der Waals surface area contributed by atoms with Crippen LogP contribution >= 0.6 is 11.6 Å². The third-order valence-electron chi connectivity index (χ3n) is 5.58. The number of carbonyl (C=O) groups is 2. The van der Waals surface area contributed by atoms with Gasteiger partial charge in [0.25, 0.3) is 5.91 Å². The van der Waals surface area contributed by atoms with Crippen molar-refractivity contribution in [1.82, 2.24) is 5.32 Å². The number of allylic oxidation sites excluding steroid dienone is 3. The molecule has 5 nitrogen and oxygen atoms in total. The standard InChI is InChI=1S/C24H23ClN2O3/c1-14-21(24(29)27-17-6-3-4-9-20(17)30-2)22(15-10-12-16(25)13-11-15)23-18(26-14)7-5-8-19(23)28/h3-4,6,9-13,22,26H,5,7-8H2,1-2H3,(H,27,29)/t22-/m0/s1. The fourth-order valence-electron chi connectivity index (χ4n) is 4.21. The normalized spacial score (nSPS) is 18.6. The van der Waals surface area contributed by atoms with E-state index in [-0.39, 0.29) is 11.7 Å².